The molecule has 2 aromatic heterocycles. The molecule has 13 heteroatoms. The fourth-order valence-corrected chi connectivity index (χ4v) is 5.56. The zero-order chi connectivity index (χ0) is 26.3. The van der Waals surface area contributed by atoms with Crippen molar-refractivity contribution in [3.63, 3.8) is 0 Å². The third-order valence-corrected chi connectivity index (χ3v) is 7.80. The van der Waals surface area contributed by atoms with E-state index in [-0.39, 0.29) is 40.6 Å². The minimum Gasteiger partial charge on any atom is -0.477 e. The second-order valence-electron chi connectivity index (χ2n) is 8.23. The zero-order valence-electron chi connectivity index (χ0n) is 19.1. The van der Waals surface area contributed by atoms with Crippen LogP contribution in [-0.4, -0.2) is 50.4 Å². The molecule has 37 heavy (non-hydrogen) atoms. The average molecular weight is 521 g/mol. The van der Waals surface area contributed by atoms with Crippen molar-refractivity contribution in [3.05, 3.63) is 94.9 Å². The molecule has 0 bridgehead atoms. The SMILES string of the molecule is NC(=O)c1ccc(-n2cccc2C(=O)O)cc1C(=O)Nc1n[nH]c2c1CN(S(=O)(=O)c1ccccc1)C2. The number of carbonyl (C=O) groups is 3. The highest BCUT2D eigenvalue weighted by molar-refractivity contribution is 7.89. The summed E-state index contributed by atoms with van der Waals surface area (Å²) in [5, 5.41) is 18.9. The van der Waals surface area contributed by atoms with Gasteiger partial charge in [0.05, 0.1) is 28.3 Å². The number of anilines is 1. The maximum atomic E-state index is 13.2. The van der Waals surface area contributed by atoms with Gasteiger partial charge in [0.2, 0.25) is 15.9 Å². The van der Waals surface area contributed by atoms with Crippen LogP contribution in [0.5, 0.6) is 0 Å². The molecule has 4 aromatic rings. The van der Waals surface area contributed by atoms with Crippen LogP contribution in [-0.2, 0) is 23.1 Å². The molecule has 0 aliphatic carbocycles. The molecule has 5 rings (SSSR count). The predicted octanol–water partition coefficient (Wildman–Crippen LogP) is 1.95. The topological polar surface area (TPSA) is 180 Å². The Morgan fingerprint density at radius 1 is 1.00 bits per heavy atom. The van der Waals surface area contributed by atoms with Gasteiger partial charge in [0.15, 0.2) is 5.82 Å². The van der Waals surface area contributed by atoms with Crippen molar-refractivity contribution in [3.8, 4) is 5.69 Å². The lowest BCUT2D eigenvalue weighted by atomic mass is 10.0. The number of carboxylic acids is 1. The van der Waals surface area contributed by atoms with E-state index in [1.807, 2.05) is 0 Å². The summed E-state index contributed by atoms with van der Waals surface area (Å²) in [5.74, 6) is -2.63. The monoisotopic (exact) mass is 520 g/mol. The lowest BCUT2D eigenvalue weighted by Gasteiger charge is -2.16. The molecule has 0 atom stereocenters. The van der Waals surface area contributed by atoms with E-state index in [9.17, 15) is 27.9 Å². The van der Waals surface area contributed by atoms with Crippen LogP contribution in [0.3, 0.4) is 0 Å². The number of nitrogens with one attached hydrogen (secondary N) is 2. The molecule has 0 fully saturated rings. The van der Waals surface area contributed by atoms with Crippen molar-refractivity contribution in [2.45, 2.75) is 18.0 Å². The number of H-pyrrole nitrogens is 1. The van der Waals surface area contributed by atoms with Crippen LogP contribution in [0, 0.1) is 0 Å². The number of primary amides is 1. The summed E-state index contributed by atoms with van der Waals surface area (Å²) >= 11 is 0. The van der Waals surface area contributed by atoms with Crippen LogP contribution in [0.4, 0.5) is 5.82 Å². The fourth-order valence-electron chi connectivity index (χ4n) is 4.17. The molecule has 2 amide bonds. The number of hydrogen-bond donors (Lipinski definition) is 4. The maximum Gasteiger partial charge on any atom is 0.352 e. The van der Waals surface area contributed by atoms with E-state index < -0.39 is 27.8 Å². The van der Waals surface area contributed by atoms with Gasteiger partial charge in [0.25, 0.3) is 5.91 Å². The number of rotatable bonds is 7. The van der Waals surface area contributed by atoms with E-state index in [0.717, 1.165) is 0 Å². The molecule has 3 heterocycles. The Bertz CT molecular complexity index is 1660. The molecular formula is C24H20N6O6S. The van der Waals surface area contributed by atoms with Crippen LogP contribution in [0.1, 0.15) is 42.5 Å². The first-order chi connectivity index (χ1) is 17.7. The maximum absolute atomic E-state index is 13.2. The van der Waals surface area contributed by atoms with E-state index in [1.54, 1.807) is 18.2 Å². The molecule has 0 unspecified atom stereocenters. The van der Waals surface area contributed by atoms with Gasteiger partial charge >= 0.3 is 5.97 Å². The van der Waals surface area contributed by atoms with Crippen molar-refractivity contribution in [2.24, 2.45) is 5.73 Å². The summed E-state index contributed by atoms with van der Waals surface area (Å²) in [6, 6.07) is 15.1. The first kappa shape index (κ1) is 24.0. The largest absolute Gasteiger partial charge is 0.477 e. The molecule has 5 N–H and O–H groups in total. The van der Waals surface area contributed by atoms with Crippen molar-refractivity contribution in [1.29, 1.82) is 0 Å². The van der Waals surface area contributed by atoms with Crippen molar-refractivity contribution in [1.82, 2.24) is 19.1 Å². The minimum absolute atomic E-state index is 0.0211. The number of nitrogens with two attached hydrogens (primary N) is 1. The Labute approximate surface area is 210 Å². The number of amides is 2. The molecule has 12 nitrogen and oxygen atoms in total. The number of carboxylic acid groups (broad SMARTS) is 1. The predicted molar refractivity (Wildman–Crippen MR) is 131 cm³/mol. The van der Waals surface area contributed by atoms with Crippen LogP contribution in [0.2, 0.25) is 0 Å². The molecule has 0 spiro atoms. The van der Waals surface area contributed by atoms with Crippen LogP contribution in [0.25, 0.3) is 5.69 Å². The number of aromatic nitrogens is 3. The molecule has 0 saturated heterocycles. The molecule has 188 valence electrons. The van der Waals surface area contributed by atoms with Gasteiger partial charge in [0.1, 0.15) is 5.69 Å². The lowest BCUT2D eigenvalue weighted by molar-refractivity contribution is 0.0687. The Hall–Kier alpha value is -4.75. The number of sulfonamides is 1. The molecule has 0 radical (unpaired) electrons. The molecule has 0 saturated carbocycles. The summed E-state index contributed by atoms with van der Waals surface area (Å²) in [6.07, 6.45) is 1.51. The van der Waals surface area contributed by atoms with Crippen molar-refractivity contribution < 1.29 is 27.9 Å². The number of aromatic amines is 1. The first-order valence-corrected chi connectivity index (χ1v) is 12.4. The highest BCUT2D eigenvalue weighted by Gasteiger charge is 2.34. The fraction of sp³-hybridized carbons (Fsp3) is 0.0833. The van der Waals surface area contributed by atoms with E-state index in [2.05, 4.69) is 15.5 Å². The van der Waals surface area contributed by atoms with E-state index in [1.165, 1.54) is 57.5 Å². The number of aromatic carboxylic acids is 1. The Kier molecular flexibility index (Phi) is 5.85. The second kappa shape index (κ2) is 9.04. The third kappa shape index (κ3) is 4.26. The van der Waals surface area contributed by atoms with Gasteiger partial charge in [0, 0.05) is 24.0 Å². The van der Waals surface area contributed by atoms with Crippen LogP contribution in [0.15, 0.2) is 71.8 Å². The Morgan fingerprint density at radius 3 is 2.46 bits per heavy atom. The van der Waals surface area contributed by atoms with Gasteiger partial charge in [-0.05, 0) is 42.5 Å². The lowest BCUT2D eigenvalue weighted by Crippen LogP contribution is -2.26. The highest BCUT2D eigenvalue weighted by atomic mass is 32.2. The van der Waals surface area contributed by atoms with Gasteiger partial charge < -0.3 is 20.7 Å². The Morgan fingerprint density at radius 2 is 1.76 bits per heavy atom. The average Bonchev–Trinajstić information content (AvgIpc) is 3.61. The first-order valence-electron chi connectivity index (χ1n) is 10.9. The zero-order valence-corrected chi connectivity index (χ0v) is 19.9. The third-order valence-electron chi connectivity index (χ3n) is 5.99. The quantitative estimate of drug-likeness (QED) is 0.287. The normalized spacial score (nSPS) is 13.3. The second-order valence-corrected chi connectivity index (χ2v) is 10.2. The van der Waals surface area contributed by atoms with E-state index >= 15 is 0 Å². The van der Waals surface area contributed by atoms with Gasteiger partial charge in [-0.3, -0.25) is 14.7 Å². The van der Waals surface area contributed by atoms with Crippen molar-refractivity contribution in [2.75, 3.05) is 5.32 Å². The summed E-state index contributed by atoms with van der Waals surface area (Å²) in [7, 11) is -3.77. The van der Waals surface area contributed by atoms with E-state index in [0.29, 0.717) is 16.9 Å². The molecule has 1 aliphatic rings. The number of nitrogens with zero attached hydrogens (tertiary/aromatic N) is 3. The molecule has 2 aromatic carbocycles. The summed E-state index contributed by atoms with van der Waals surface area (Å²) < 4.78 is 28.6. The van der Waals surface area contributed by atoms with Crippen LogP contribution < -0.4 is 11.1 Å². The smallest absolute Gasteiger partial charge is 0.352 e. The molecule has 1 aliphatic heterocycles. The van der Waals surface area contributed by atoms with Crippen molar-refractivity contribution >= 4 is 33.6 Å². The van der Waals surface area contributed by atoms with Gasteiger partial charge in [-0.25, -0.2) is 13.2 Å². The minimum atomic E-state index is -3.77. The Balaban J connectivity index is 1.44. The van der Waals surface area contributed by atoms with Gasteiger partial charge in [-0.15, -0.1) is 0 Å². The number of carbonyl (C=O) groups excluding carboxylic acids is 2. The van der Waals surface area contributed by atoms with Crippen LogP contribution >= 0.6 is 0 Å². The standard InChI is InChI=1S/C24H20N6O6S/c25-21(31)16-9-8-14(30-10-4-7-20(30)24(33)34)11-17(16)23(32)26-22-18-12-29(13-19(18)27-28-22)37(35,36)15-5-2-1-3-6-15/h1-11H,12-13H2,(H2,25,31)(H,33,34)(H2,26,27,28,32). The van der Waals surface area contributed by atoms with Gasteiger partial charge in [-0.2, -0.15) is 9.40 Å². The summed E-state index contributed by atoms with van der Waals surface area (Å²) in [4.78, 5) is 36.9. The van der Waals surface area contributed by atoms with Gasteiger partial charge in [-0.1, -0.05) is 18.2 Å². The van der Waals surface area contributed by atoms with E-state index in [4.69, 9.17) is 5.73 Å². The number of fused-ring (bicyclic) bond motifs is 1. The summed E-state index contributed by atoms with van der Waals surface area (Å²) in [5.41, 5.74) is 6.59. The number of benzene rings is 2. The molecular weight excluding hydrogens is 500 g/mol. The highest BCUT2D eigenvalue weighted by Crippen LogP contribution is 2.32. The number of hydrogen-bond acceptors (Lipinski definition) is 6. The summed E-state index contributed by atoms with van der Waals surface area (Å²) in [6.45, 7) is 0.0236.